The van der Waals surface area contributed by atoms with E-state index in [1.54, 1.807) is 19.2 Å². The Morgan fingerprint density at radius 3 is 2.49 bits per heavy atom. The fourth-order valence-electron chi connectivity index (χ4n) is 5.64. The number of carbonyl (C=O) groups excluding carboxylic acids is 2. The minimum absolute atomic E-state index is 0.0717. The maximum Gasteiger partial charge on any atom is 0.389 e. The van der Waals surface area contributed by atoms with Crippen LogP contribution in [0.1, 0.15) is 97.7 Å². The first kappa shape index (κ1) is 28.9. The molecule has 0 aromatic carbocycles. The van der Waals surface area contributed by atoms with Gasteiger partial charge in [0.1, 0.15) is 11.4 Å². The average Bonchev–Trinajstić information content (AvgIpc) is 3.51. The van der Waals surface area contributed by atoms with E-state index in [1.165, 1.54) is 15.4 Å². The highest BCUT2D eigenvalue weighted by molar-refractivity contribution is 5.92. The van der Waals surface area contributed by atoms with E-state index in [1.807, 2.05) is 0 Å². The van der Waals surface area contributed by atoms with Crippen LogP contribution in [0.2, 0.25) is 0 Å². The van der Waals surface area contributed by atoms with Crippen molar-refractivity contribution < 1.29 is 31.5 Å². The fraction of sp³-hybridized carbons (Fsp3) is 0.615. The Balaban J connectivity index is 1.48. The van der Waals surface area contributed by atoms with Gasteiger partial charge >= 0.3 is 6.18 Å². The Hall–Kier alpha value is -3.65. The van der Waals surface area contributed by atoms with Crippen molar-refractivity contribution in [2.45, 2.75) is 88.9 Å². The standard InChI is InChI=1S/C26H31F5N8O2/c1-2-38-23(24(32)41)22(36-37-38)20(14-5-8-25(27,28)9-6-14)17-13-39-18(34-17)11-16(12-33-39)21(15-3-4-15)35-19(40)7-10-26(29,30)31/h11-15,20-21H,2-10H2,1H3,(H2,32,41)(H,35,40)/t20-,21+/m0/s1. The van der Waals surface area contributed by atoms with Crippen LogP contribution in [0.15, 0.2) is 18.5 Å². The highest BCUT2D eigenvalue weighted by Crippen LogP contribution is 2.45. The molecule has 15 heteroatoms. The number of aryl methyl sites for hydroxylation is 1. The zero-order valence-corrected chi connectivity index (χ0v) is 22.4. The summed E-state index contributed by atoms with van der Waals surface area (Å²) in [6, 6.07) is 1.18. The molecule has 41 heavy (non-hydrogen) atoms. The van der Waals surface area contributed by atoms with Crippen molar-refractivity contribution in [3.8, 4) is 0 Å². The van der Waals surface area contributed by atoms with E-state index in [4.69, 9.17) is 10.7 Å². The highest BCUT2D eigenvalue weighted by atomic mass is 19.4. The molecule has 3 N–H and O–H groups in total. The number of aromatic nitrogens is 6. The second-order valence-electron chi connectivity index (χ2n) is 10.9. The fourth-order valence-corrected chi connectivity index (χ4v) is 5.64. The van der Waals surface area contributed by atoms with Gasteiger partial charge < -0.3 is 11.1 Å². The van der Waals surface area contributed by atoms with E-state index in [2.05, 4.69) is 20.7 Å². The summed E-state index contributed by atoms with van der Waals surface area (Å²) in [6.45, 7) is 2.10. The van der Waals surface area contributed by atoms with E-state index in [9.17, 15) is 31.5 Å². The number of alkyl halides is 5. The Morgan fingerprint density at radius 2 is 1.88 bits per heavy atom. The third-order valence-electron chi connectivity index (χ3n) is 7.90. The van der Waals surface area contributed by atoms with Gasteiger partial charge in [-0.25, -0.2) is 23.0 Å². The lowest BCUT2D eigenvalue weighted by Gasteiger charge is -2.32. The first-order valence-corrected chi connectivity index (χ1v) is 13.7. The number of hydrogen-bond donors (Lipinski definition) is 2. The van der Waals surface area contributed by atoms with Crippen molar-refractivity contribution in [2.24, 2.45) is 17.6 Å². The lowest BCUT2D eigenvalue weighted by atomic mass is 9.75. The summed E-state index contributed by atoms with van der Waals surface area (Å²) in [5.41, 5.74) is 7.48. The summed E-state index contributed by atoms with van der Waals surface area (Å²) in [4.78, 5) is 29.4. The number of nitrogens with two attached hydrogens (primary N) is 1. The summed E-state index contributed by atoms with van der Waals surface area (Å²) >= 11 is 0. The highest BCUT2D eigenvalue weighted by Gasteiger charge is 2.42. The van der Waals surface area contributed by atoms with Gasteiger partial charge in [-0.1, -0.05) is 5.21 Å². The van der Waals surface area contributed by atoms with Crippen LogP contribution in [-0.4, -0.2) is 53.5 Å². The van der Waals surface area contributed by atoms with Crippen LogP contribution in [0.25, 0.3) is 5.65 Å². The van der Waals surface area contributed by atoms with Crippen LogP contribution in [0.5, 0.6) is 0 Å². The van der Waals surface area contributed by atoms with Crippen molar-refractivity contribution >= 4 is 17.5 Å². The first-order chi connectivity index (χ1) is 19.3. The van der Waals surface area contributed by atoms with E-state index in [0.717, 1.165) is 12.8 Å². The zero-order valence-electron chi connectivity index (χ0n) is 22.4. The van der Waals surface area contributed by atoms with Gasteiger partial charge in [0.15, 0.2) is 5.65 Å². The van der Waals surface area contributed by atoms with Gasteiger partial charge in [0, 0.05) is 25.8 Å². The van der Waals surface area contributed by atoms with Crippen molar-refractivity contribution in [1.29, 1.82) is 0 Å². The quantitative estimate of drug-likeness (QED) is 0.343. The largest absolute Gasteiger partial charge is 0.389 e. The van der Waals surface area contributed by atoms with Crippen LogP contribution in [0.3, 0.4) is 0 Å². The maximum atomic E-state index is 14.0. The van der Waals surface area contributed by atoms with E-state index < -0.39 is 48.7 Å². The summed E-state index contributed by atoms with van der Waals surface area (Å²) in [7, 11) is 0. The van der Waals surface area contributed by atoms with Gasteiger partial charge in [0.05, 0.1) is 36.5 Å². The smallest absolute Gasteiger partial charge is 0.364 e. The molecule has 0 bridgehead atoms. The molecule has 0 spiro atoms. The Kier molecular flexibility index (Phi) is 7.72. The summed E-state index contributed by atoms with van der Waals surface area (Å²) in [5, 5.41) is 15.4. The van der Waals surface area contributed by atoms with Crippen LogP contribution in [-0.2, 0) is 11.3 Å². The van der Waals surface area contributed by atoms with Crippen molar-refractivity contribution in [2.75, 3.05) is 0 Å². The predicted molar refractivity (Wildman–Crippen MR) is 135 cm³/mol. The van der Waals surface area contributed by atoms with Gasteiger partial charge in [-0.15, -0.1) is 5.10 Å². The monoisotopic (exact) mass is 582 g/mol. The van der Waals surface area contributed by atoms with Gasteiger partial charge in [-0.2, -0.15) is 18.3 Å². The number of imidazole rings is 1. The molecule has 0 saturated heterocycles. The topological polar surface area (TPSA) is 133 Å². The van der Waals surface area contributed by atoms with Crippen LogP contribution in [0.4, 0.5) is 22.0 Å². The van der Waals surface area contributed by atoms with Gasteiger partial charge in [0.25, 0.3) is 5.91 Å². The number of primary amides is 1. The maximum absolute atomic E-state index is 14.0. The molecule has 2 atom stereocenters. The van der Waals surface area contributed by atoms with Crippen molar-refractivity contribution in [1.82, 2.24) is 34.9 Å². The molecule has 0 aliphatic heterocycles. The predicted octanol–water partition coefficient (Wildman–Crippen LogP) is 4.31. The minimum atomic E-state index is -4.43. The number of fused-ring (bicyclic) bond motifs is 1. The molecule has 0 unspecified atom stereocenters. The Labute approximate surface area is 231 Å². The Bertz CT molecular complexity index is 1420. The zero-order chi connectivity index (χ0) is 29.5. The summed E-state index contributed by atoms with van der Waals surface area (Å²) < 4.78 is 68.8. The number of nitrogens with zero attached hydrogens (tertiary/aromatic N) is 6. The number of rotatable bonds is 10. The van der Waals surface area contributed by atoms with E-state index in [-0.39, 0.29) is 48.9 Å². The number of amides is 2. The van der Waals surface area contributed by atoms with Gasteiger partial charge in [-0.3, -0.25) is 9.59 Å². The third kappa shape index (κ3) is 6.48. The molecule has 3 aromatic rings. The molecule has 2 saturated carbocycles. The normalized spacial score (nSPS) is 19.3. The summed E-state index contributed by atoms with van der Waals surface area (Å²) in [5.74, 6) is -5.10. The lowest BCUT2D eigenvalue weighted by Crippen LogP contribution is -2.30. The molecule has 5 rings (SSSR count). The molecular formula is C26H31F5N8O2. The SMILES string of the molecule is CCn1nnc([C@H](c2cn3ncc([C@H](NC(=O)CCC(F)(F)F)C4CC4)cc3n2)C2CCC(F)(F)CC2)c1C(N)=O. The molecule has 2 aliphatic carbocycles. The average molecular weight is 583 g/mol. The number of carbonyl (C=O) groups is 2. The lowest BCUT2D eigenvalue weighted by molar-refractivity contribution is -0.144. The molecular weight excluding hydrogens is 551 g/mol. The molecule has 2 fully saturated rings. The van der Waals surface area contributed by atoms with Crippen molar-refractivity contribution in [3.63, 3.8) is 0 Å². The van der Waals surface area contributed by atoms with Gasteiger partial charge in [-0.05, 0) is 56.1 Å². The van der Waals surface area contributed by atoms with Crippen LogP contribution in [0, 0.1) is 11.8 Å². The minimum Gasteiger partial charge on any atom is -0.364 e. The second kappa shape index (κ2) is 11.0. The molecule has 10 nitrogen and oxygen atoms in total. The molecule has 2 amide bonds. The van der Waals surface area contributed by atoms with Crippen LogP contribution >= 0.6 is 0 Å². The number of hydrogen-bond acceptors (Lipinski definition) is 6. The van der Waals surface area contributed by atoms with Gasteiger partial charge in [0.2, 0.25) is 11.8 Å². The molecule has 0 radical (unpaired) electrons. The number of nitrogens with one attached hydrogen (secondary N) is 1. The van der Waals surface area contributed by atoms with E-state index in [0.29, 0.717) is 23.4 Å². The van der Waals surface area contributed by atoms with Crippen molar-refractivity contribution in [3.05, 3.63) is 41.1 Å². The Morgan fingerprint density at radius 1 is 1.17 bits per heavy atom. The first-order valence-electron chi connectivity index (χ1n) is 13.7. The third-order valence-corrected chi connectivity index (χ3v) is 7.90. The number of halogens is 5. The van der Waals surface area contributed by atoms with E-state index >= 15 is 0 Å². The second-order valence-corrected chi connectivity index (χ2v) is 10.9. The molecule has 2 aliphatic rings. The molecule has 222 valence electrons. The summed E-state index contributed by atoms with van der Waals surface area (Å²) in [6.07, 6.45) is -1.78. The molecule has 3 aromatic heterocycles. The van der Waals surface area contributed by atoms with Crippen LogP contribution < -0.4 is 11.1 Å². The molecule has 3 heterocycles.